The van der Waals surface area contributed by atoms with Gasteiger partial charge in [0.05, 0.1) is 7.11 Å². The second kappa shape index (κ2) is 3.64. The lowest BCUT2D eigenvalue weighted by Crippen LogP contribution is -2.11. The van der Waals surface area contributed by atoms with Crippen molar-refractivity contribution in [2.45, 2.75) is 25.4 Å². The summed E-state index contributed by atoms with van der Waals surface area (Å²) in [7, 11) is 1.54. The molecular weight excluding hydrogens is 116 g/mol. The highest BCUT2D eigenvalue weighted by Crippen LogP contribution is 2.12. The van der Waals surface area contributed by atoms with Crippen molar-refractivity contribution < 1.29 is 9.78 Å². The Morgan fingerprint density at radius 1 is 1.56 bits per heavy atom. The number of hydrogen-bond donors (Lipinski definition) is 0. The molecule has 2 nitrogen and oxygen atoms in total. The van der Waals surface area contributed by atoms with Crippen LogP contribution in [0.3, 0.4) is 0 Å². The molecule has 0 aromatic heterocycles. The Bertz CT molecular complexity index is 99.1. The molecular formula is C7H12O2. The molecule has 0 bridgehead atoms. The van der Waals surface area contributed by atoms with E-state index in [9.17, 15) is 0 Å². The van der Waals surface area contributed by atoms with Crippen LogP contribution in [0, 0.1) is 0 Å². The van der Waals surface area contributed by atoms with E-state index in [-0.39, 0.29) is 6.10 Å². The largest absolute Gasteiger partial charge is 0.239 e. The third kappa shape index (κ3) is 2.16. The first-order chi connectivity index (χ1) is 4.43. The monoisotopic (exact) mass is 128 g/mol. The third-order valence-electron chi connectivity index (χ3n) is 1.43. The summed E-state index contributed by atoms with van der Waals surface area (Å²) in [6.45, 7) is 0. The van der Waals surface area contributed by atoms with Crippen LogP contribution in [0.4, 0.5) is 0 Å². The minimum atomic E-state index is 0.198. The molecule has 0 fully saturated rings. The van der Waals surface area contributed by atoms with Gasteiger partial charge in [-0.2, -0.15) is 0 Å². The molecule has 0 aliphatic heterocycles. The second-order valence-electron chi connectivity index (χ2n) is 2.16. The van der Waals surface area contributed by atoms with Gasteiger partial charge in [-0.3, -0.25) is 0 Å². The lowest BCUT2D eigenvalue weighted by Gasteiger charge is -2.13. The Morgan fingerprint density at radius 2 is 2.44 bits per heavy atom. The highest BCUT2D eigenvalue weighted by Gasteiger charge is 2.07. The van der Waals surface area contributed by atoms with Crippen molar-refractivity contribution in [3.63, 3.8) is 0 Å². The first-order valence-corrected chi connectivity index (χ1v) is 3.29. The van der Waals surface area contributed by atoms with Crippen LogP contribution in [0.5, 0.6) is 0 Å². The maximum Gasteiger partial charge on any atom is 0.111 e. The Kier molecular flexibility index (Phi) is 2.74. The first kappa shape index (κ1) is 6.78. The van der Waals surface area contributed by atoms with Crippen LogP contribution < -0.4 is 0 Å². The van der Waals surface area contributed by atoms with E-state index >= 15 is 0 Å². The molecule has 0 saturated heterocycles. The SMILES string of the molecule is COOC1C=CCCC1. The van der Waals surface area contributed by atoms with E-state index in [1.54, 1.807) is 7.11 Å². The van der Waals surface area contributed by atoms with E-state index in [4.69, 9.17) is 4.89 Å². The summed E-state index contributed by atoms with van der Waals surface area (Å²) in [5, 5.41) is 0. The standard InChI is InChI=1S/C7H12O2/c1-8-9-7-5-3-2-4-6-7/h3,5,7H,2,4,6H2,1H3. The van der Waals surface area contributed by atoms with E-state index in [0.717, 1.165) is 6.42 Å². The van der Waals surface area contributed by atoms with Gasteiger partial charge in [0.2, 0.25) is 0 Å². The summed E-state index contributed by atoms with van der Waals surface area (Å²) in [5.74, 6) is 0. The van der Waals surface area contributed by atoms with E-state index in [2.05, 4.69) is 11.0 Å². The second-order valence-corrected chi connectivity index (χ2v) is 2.16. The summed E-state index contributed by atoms with van der Waals surface area (Å²) in [6, 6.07) is 0. The van der Waals surface area contributed by atoms with Crippen molar-refractivity contribution in [3.8, 4) is 0 Å². The normalized spacial score (nSPS) is 26.6. The van der Waals surface area contributed by atoms with Crippen LogP contribution in [0.15, 0.2) is 12.2 Å². The van der Waals surface area contributed by atoms with Crippen molar-refractivity contribution in [1.82, 2.24) is 0 Å². The number of allylic oxidation sites excluding steroid dienone is 1. The van der Waals surface area contributed by atoms with Gasteiger partial charge in [-0.05, 0) is 19.3 Å². The molecule has 1 aliphatic carbocycles. The Balaban J connectivity index is 2.23. The third-order valence-corrected chi connectivity index (χ3v) is 1.43. The van der Waals surface area contributed by atoms with Crippen LogP contribution in [-0.4, -0.2) is 13.2 Å². The lowest BCUT2D eigenvalue weighted by atomic mass is 10.1. The fourth-order valence-electron chi connectivity index (χ4n) is 0.985. The van der Waals surface area contributed by atoms with Gasteiger partial charge >= 0.3 is 0 Å². The van der Waals surface area contributed by atoms with Crippen molar-refractivity contribution in [2.75, 3.05) is 7.11 Å². The average molecular weight is 128 g/mol. The topological polar surface area (TPSA) is 18.5 Å². The molecule has 0 spiro atoms. The molecule has 1 rings (SSSR count). The van der Waals surface area contributed by atoms with Gasteiger partial charge < -0.3 is 0 Å². The Hall–Kier alpha value is -0.340. The highest BCUT2D eigenvalue weighted by molar-refractivity contribution is 4.93. The van der Waals surface area contributed by atoms with E-state index in [1.807, 2.05) is 6.08 Å². The minimum absolute atomic E-state index is 0.198. The minimum Gasteiger partial charge on any atom is -0.239 e. The predicted molar refractivity (Wildman–Crippen MR) is 34.9 cm³/mol. The van der Waals surface area contributed by atoms with Crippen molar-refractivity contribution in [3.05, 3.63) is 12.2 Å². The number of hydrogen-bond acceptors (Lipinski definition) is 2. The van der Waals surface area contributed by atoms with E-state index in [1.165, 1.54) is 12.8 Å². The van der Waals surface area contributed by atoms with E-state index < -0.39 is 0 Å². The Labute approximate surface area is 55.4 Å². The molecule has 0 radical (unpaired) electrons. The van der Waals surface area contributed by atoms with Gasteiger partial charge in [0.1, 0.15) is 6.10 Å². The van der Waals surface area contributed by atoms with Gasteiger partial charge in [0, 0.05) is 0 Å². The molecule has 1 aliphatic rings. The molecule has 9 heavy (non-hydrogen) atoms. The quantitative estimate of drug-likeness (QED) is 0.320. The molecule has 2 heteroatoms. The van der Waals surface area contributed by atoms with Crippen LogP contribution >= 0.6 is 0 Å². The van der Waals surface area contributed by atoms with E-state index in [0.29, 0.717) is 0 Å². The highest BCUT2D eigenvalue weighted by atomic mass is 17.2. The van der Waals surface area contributed by atoms with Gasteiger partial charge in [0.25, 0.3) is 0 Å². The first-order valence-electron chi connectivity index (χ1n) is 3.29. The predicted octanol–water partition coefficient (Wildman–Crippen LogP) is 1.67. The summed E-state index contributed by atoms with van der Waals surface area (Å²) < 4.78 is 0. The summed E-state index contributed by atoms with van der Waals surface area (Å²) in [6.07, 6.45) is 7.86. The zero-order valence-corrected chi connectivity index (χ0v) is 5.67. The molecule has 52 valence electrons. The summed E-state index contributed by atoms with van der Waals surface area (Å²) in [4.78, 5) is 9.43. The number of rotatable bonds is 2. The molecule has 0 heterocycles. The zero-order chi connectivity index (χ0) is 6.53. The van der Waals surface area contributed by atoms with Gasteiger partial charge in [-0.15, -0.1) is 0 Å². The molecule has 1 unspecified atom stereocenters. The van der Waals surface area contributed by atoms with Crippen LogP contribution in [0.1, 0.15) is 19.3 Å². The maximum absolute atomic E-state index is 4.90. The van der Waals surface area contributed by atoms with Crippen molar-refractivity contribution in [1.29, 1.82) is 0 Å². The molecule has 0 saturated carbocycles. The van der Waals surface area contributed by atoms with Crippen LogP contribution in [-0.2, 0) is 9.78 Å². The summed E-state index contributed by atoms with van der Waals surface area (Å²) >= 11 is 0. The molecule has 1 atom stereocenters. The fraction of sp³-hybridized carbons (Fsp3) is 0.714. The van der Waals surface area contributed by atoms with Crippen LogP contribution in [0.25, 0.3) is 0 Å². The van der Waals surface area contributed by atoms with Gasteiger partial charge in [-0.1, -0.05) is 12.2 Å². The zero-order valence-electron chi connectivity index (χ0n) is 5.67. The fourth-order valence-corrected chi connectivity index (χ4v) is 0.985. The van der Waals surface area contributed by atoms with Gasteiger partial charge in [-0.25, -0.2) is 9.78 Å². The smallest absolute Gasteiger partial charge is 0.111 e. The van der Waals surface area contributed by atoms with Gasteiger partial charge in [0.15, 0.2) is 0 Å². The lowest BCUT2D eigenvalue weighted by molar-refractivity contribution is -0.295. The van der Waals surface area contributed by atoms with Crippen molar-refractivity contribution >= 4 is 0 Å². The molecule has 0 aromatic rings. The maximum atomic E-state index is 4.90. The summed E-state index contributed by atoms with van der Waals surface area (Å²) in [5.41, 5.74) is 0. The van der Waals surface area contributed by atoms with Crippen molar-refractivity contribution in [2.24, 2.45) is 0 Å². The Morgan fingerprint density at radius 3 is 3.00 bits per heavy atom. The average Bonchev–Trinajstić information content (AvgIpc) is 1.91. The molecule has 0 amide bonds. The molecule has 0 N–H and O–H groups in total. The van der Waals surface area contributed by atoms with Crippen LogP contribution in [0.2, 0.25) is 0 Å². The molecule has 0 aromatic carbocycles.